The van der Waals surface area contributed by atoms with Crippen LogP contribution >= 0.6 is 0 Å². The molecule has 0 aliphatic carbocycles. The third kappa shape index (κ3) is 2.18. The Balaban J connectivity index is 2.25. The van der Waals surface area contributed by atoms with Gasteiger partial charge in [0.05, 0.1) is 12.2 Å². The van der Waals surface area contributed by atoms with E-state index in [1.165, 1.54) is 0 Å². The lowest BCUT2D eigenvalue weighted by atomic mass is 10.2. The molecule has 0 aromatic heterocycles. The highest BCUT2D eigenvalue weighted by atomic mass is 16.5. The van der Waals surface area contributed by atoms with E-state index in [0.29, 0.717) is 6.04 Å². The zero-order valence-corrected chi connectivity index (χ0v) is 7.08. The predicted molar refractivity (Wildman–Crippen MR) is 42.1 cm³/mol. The summed E-state index contributed by atoms with van der Waals surface area (Å²) in [5.74, 6) is 0. The highest BCUT2D eigenvalue weighted by Crippen LogP contribution is 2.17. The van der Waals surface area contributed by atoms with E-state index in [9.17, 15) is 0 Å². The Kier molecular flexibility index (Phi) is 2.86. The second-order valence-corrected chi connectivity index (χ2v) is 3.12. The first-order valence-electron chi connectivity index (χ1n) is 3.93. The molecule has 2 atom stereocenters. The van der Waals surface area contributed by atoms with Crippen molar-refractivity contribution in [3.63, 3.8) is 0 Å². The Morgan fingerprint density at radius 2 is 2.45 bits per heavy atom. The largest absolute Gasteiger partial charge is 0.362 e. The van der Waals surface area contributed by atoms with Gasteiger partial charge in [0.1, 0.15) is 6.61 Å². The van der Waals surface area contributed by atoms with Crippen molar-refractivity contribution in [1.82, 2.24) is 4.90 Å². The highest BCUT2D eigenvalue weighted by molar-refractivity contribution is 4.82. The van der Waals surface area contributed by atoms with Crippen LogP contribution in [-0.2, 0) is 4.74 Å². The van der Waals surface area contributed by atoms with Crippen LogP contribution in [0.15, 0.2) is 0 Å². The maximum atomic E-state index is 8.27. The Morgan fingerprint density at radius 1 is 1.73 bits per heavy atom. The highest BCUT2D eigenvalue weighted by Gasteiger charge is 2.26. The van der Waals surface area contributed by atoms with Crippen molar-refractivity contribution >= 4 is 0 Å². The van der Waals surface area contributed by atoms with Crippen molar-refractivity contribution in [2.75, 3.05) is 20.2 Å². The Bertz CT molecular complexity index is 154. The van der Waals surface area contributed by atoms with Gasteiger partial charge in [0, 0.05) is 12.6 Å². The van der Waals surface area contributed by atoms with Gasteiger partial charge in [-0.1, -0.05) is 0 Å². The summed E-state index contributed by atoms with van der Waals surface area (Å²) in [6.45, 7) is 3.36. The van der Waals surface area contributed by atoms with Crippen LogP contribution in [0.3, 0.4) is 0 Å². The molecule has 0 unspecified atom stereocenters. The Hall–Kier alpha value is -0.590. The first kappa shape index (κ1) is 8.51. The summed E-state index contributed by atoms with van der Waals surface area (Å²) in [4.78, 5) is 2.25. The Labute approximate surface area is 67.6 Å². The minimum Gasteiger partial charge on any atom is -0.362 e. The van der Waals surface area contributed by atoms with Crippen LogP contribution in [0.2, 0.25) is 0 Å². The molecule has 0 amide bonds. The fourth-order valence-corrected chi connectivity index (χ4v) is 1.41. The van der Waals surface area contributed by atoms with E-state index >= 15 is 0 Å². The van der Waals surface area contributed by atoms with Crippen LogP contribution < -0.4 is 0 Å². The molecule has 0 N–H and O–H groups in total. The van der Waals surface area contributed by atoms with Gasteiger partial charge in [0.25, 0.3) is 0 Å². The van der Waals surface area contributed by atoms with Gasteiger partial charge in [0.2, 0.25) is 0 Å². The summed E-state index contributed by atoms with van der Waals surface area (Å²) in [5.41, 5.74) is 0. The van der Waals surface area contributed by atoms with Crippen molar-refractivity contribution in [2.45, 2.75) is 25.5 Å². The Morgan fingerprint density at radius 3 is 2.91 bits per heavy atom. The normalized spacial score (nSPS) is 32.1. The molecule has 1 fully saturated rings. The fourth-order valence-electron chi connectivity index (χ4n) is 1.41. The molecule has 0 saturated carbocycles. The molecule has 3 nitrogen and oxygen atoms in total. The standard InChI is InChI=1S/C8H14N2O/c1-7-5-8(6-10(7)2)11-4-3-9/h7-8H,4-6H2,1-2H3/t7-,8+/m1/s1. The molecule has 62 valence electrons. The number of nitrogens with zero attached hydrogens (tertiary/aromatic N) is 2. The molecule has 1 rings (SSSR count). The lowest BCUT2D eigenvalue weighted by Crippen LogP contribution is -2.22. The summed E-state index contributed by atoms with van der Waals surface area (Å²) in [6, 6.07) is 2.58. The van der Waals surface area contributed by atoms with Crippen molar-refractivity contribution in [3.05, 3.63) is 0 Å². The number of hydrogen-bond donors (Lipinski definition) is 0. The third-order valence-corrected chi connectivity index (χ3v) is 2.23. The van der Waals surface area contributed by atoms with E-state index in [0.717, 1.165) is 13.0 Å². The van der Waals surface area contributed by atoms with E-state index in [4.69, 9.17) is 10.00 Å². The number of nitriles is 1. The van der Waals surface area contributed by atoms with E-state index < -0.39 is 0 Å². The van der Waals surface area contributed by atoms with Crippen LogP contribution in [0, 0.1) is 11.3 Å². The average molecular weight is 154 g/mol. The van der Waals surface area contributed by atoms with Crippen LogP contribution in [0.1, 0.15) is 13.3 Å². The summed E-state index contributed by atoms with van der Waals surface area (Å²) in [5, 5.41) is 8.27. The van der Waals surface area contributed by atoms with Gasteiger partial charge in [-0.2, -0.15) is 5.26 Å². The molecule has 0 aromatic rings. The zero-order chi connectivity index (χ0) is 8.27. The monoisotopic (exact) mass is 154 g/mol. The summed E-state index contributed by atoms with van der Waals surface area (Å²) < 4.78 is 5.29. The zero-order valence-electron chi connectivity index (χ0n) is 7.08. The molecule has 1 heterocycles. The topological polar surface area (TPSA) is 36.3 Å². The van der Waals surface area contributed by atoms with Gasteiger partial charge in [-0.05, 0) is 20.4 Å². The lowest BCUT2D eigenvalue weighted by Gasteiger charge is -2.12. The van der Waals surface area contributed by atoms with Crippen molar-refractivity contribution in [2.24, 2.45) is 0 Å². The first-order valence-corrected chi connectivity index (χ1v) is 3.93. The number of hydrogen-bond acceptors (Lipinski definition) is 3. The molecule has 11 heavy (non-hydrogen) atoms. The van der Waals surface area contributed by atoms with Crippen LogP contribution in [0.5, 0.6) is 0 Å². The number of likely N-dealkylation sites (N-methyl/N-ethyl adjacent to an activating group) is 1. The molecule has 3 heteroatoms. The second kappa shape index (κ2) is 3.70. The molecule has 0 bridgehead atoms. The molecule has 0 spiro atoms. The minimum absolute atomic E-state index is 0.227. The summed E-state index contributed by atoms with van der Waals surface area (Å²) >= 11 is 0. The van der Waals surface area contributed by atoms with Crippen LogP contribution in [-0.4, -0.2) is 37.2 Å². The van der Waals surface area contributed by atoms with Crippen molar-refractivity contribution in [3.8, 4) is 6.07 Å². The van der Waals surface area contributed by atoms with Gasteiger partial charge in [0.15, 0.2) is 0 Å². The first-order chi connectivity index (χ1) is 5.24. The molecular weight excluding hydrogens is 140 g/mol. The third-order valence-electron chi connectivity index (χ3n) is 2.23. The van der Waals surface area contributed by atoms with Gasteiger partial charge < -0.3 is 9.64 Å². The van der Waals surface area contributed by atoms with Crippen molar-refractivity contribution < 1.29 is 4.74 Å². The van der Waals surface area contributed by atoms with E-state index in [1.807, 2.05) is 6.07 Å². The predicted octanol–water partition coefficient (Wildman–Crippen LogP) is 0.619. The maximum Gasteiger partial charge on any atom is 0.134 e. The van der Waals surface area contributed by atoms with E-state index in [-0.39, 0.29) is 12.7 Å². The lowest BCUT2D eigenvalue weighted by molar-refractivity contribution is 0.0851. The fraction of sp³-hybridized carbons (Fsp3) is 0.875. The number of likely N-dealkylation sites (tertiary alicyclic amines) is 1. The molecule has 1 aliphatic rings. The van der Waals surface area contributed by atoms with Crippen molar-refractivity contribution in [1.29, 1.82) is 5.26 Å². The van der Waals surface area contributed by atoms with E-state index in [2.05, 4.69) is 18.9 Å². The SMILES string of the molecule is C[C@@H]1C[C@H](OCC#N)CN1C. The minimum atomic E-state index is 0.227. The molecule has 1 saturated heterocycles. The van der Waals surface area contributed by atoms with Crippen LogP contribution in [0.25, 0.3) is 0 Å². The number of ether oxygens (including phenoxy) is 1. The van der Waals surface area contributed by atoms with Gasteiger partial charge in [-0.3, -0.25) is 0 Å². The summed E-state index contributed by atoms with van der Waals surface area (Å²) in [7, 11) is 2.08. The second-order valence-electron chi connectivity index (χ2n) is 3.12. The molecular formula is C8H14N2O. The molecule has 1 aliphatic heterocycles. The van der Waals surface area contributed by atoms with Gasteiger partial charge in [-0.25, -0.2) is 0 Å². The van der Waals surface area contributed by atoms with Gasteiger partial charge in [-0.15, -0.1) is 0 Å². The smallest absolute Gasteiger partial charge is 0.134 e. The number of rotatable bonds is 2. The van der Waals surface area contributed by atoms with Crippen LogP contribution in [0.4, 0.5) is 0 Å². The van der Waals surface area contributed by atoms with Gasteiger partial charge >= 0.3 is 0 Å². The molecule has 0 aromatic carbocycles. The summed E-state index contributed by atoms with van der Waals surface area (Å²) in [6.07, 6.45) is 1.33. The maximum absolute atomic E-state index is 8.27. The average Bonchev–Trinajstić information content (AvgIpc) is 2.28. The molecule has 0 radical (unpaired) electrons. The quantitative estimate of drug-likeness (QED) is 0.585. The van der Waals surface area contributed by atoms with E-state index in [1.54, 1.807) is 0 Å².